The van der Waals surface area contributed by atoms with Gasteiger partial charge in [-0.2, -0.15) is 0 Å². The molecule has 4 atom stereocenters. The molecule has 26 heavy (non-hydrogen) atoms. The predicted molar refractivity (Wildman–Crippen MR) is 107 cm³/mol. The maximum absolute atomic E-state index is 11.9. The smallest absolute Gasteiger partial charge is 0.243 e. The van der Waals surface area contributed by atoms with Gasteiger partial charge in [-0.25, -0.2) is 9.98 Å². The molecule has 0 aromatic carbocycles. The fourth-order valence-corrected chi connectivity index (χ4v) is 4.80. The summed E-state index contributed by atoms with van der Waals surface area (Å²) in [6.07, 6.45) is 7.20. The Morgan fingerprint density at radius 2 is 2.23 bits per heavy atom. The first-order chi connectivity index (χ1) is 12.4. The molecule has 1 heterocycles. The third-order valence-corrected chi connectivity index (χ3v) is 6.71. The van der Waals surface area contributed by atoms with E-state index in [2.05, 4.69) is 34.5 Å². The van der Waals surface area contributed by atoms with E-state index in [-0.39, 0.29) is 12.5 Å². The Kier molecular flexibility index (Phi) is 6.16. The first-order valence-corrected chi connectivity index (χ1v) is 10.4. The van der Waals surface area contributed by atoms with E-state index in [9.17, 15) is 4.79 Å². The summed E-state index contributed by atoms with van der Waals surface area (Å²) >= 11 is 1.74. The Morgan fingerprint density at radius 3 is 2.81 bits per heavy atom. The number of rotatable bonds is 6. The van der Waals surface area contributed by atoms with Crippen LogP contribution in [0.15, 0.2) is 11.2 Å². The third-order valence-electron chi connectivity index (χ3n) is 5.57. The Balaban J connectivity index is 1.60. The van der Waals surface area contributed by atoms with Crippen LogP contribution >= 0.6 is 11.3 Å². The fourth-order valence-electron chi connectivity index (χ4n) is 3.97. The van der Waals surface area contributed by atoms with Gasteiger partial charge in [-0.05, 0) is 38.0 Å². The molecule has 144 valence electrons. The molecule has 2 aliphatic carbocycles. The first kappa shape index (κ1) is 19.1. The molecule has 4 unspecified atom stereocenters. The Hall–Kier alpha value is -1.63. The Bertz CT molecular complexity index is 656. The quantitative estimate of drug-likeness (QED) is 0.590. The van der Waals surface area contributed by atoms with Crippen LogP contribution in [0.5, 0.6) is 0 Å². The second-order valence-electron chi connectivity index (χ2n) is 7.97. The molecule has 2 saturated carbocycles. The zero-order valence-corrected chi connectivity index (χ0v) is 17.1. The Labute approximate surface area is 160 Å². The number of fused-ring (bicyclic) bond motifs is 2. The summed E-state index contributed by atoms with van der Waals surface area (Å²) in [5, 5.41) is 8.19. The van der Waals surface area contributed by atoms with Gasteiger partial charge in [0.2, 0.25) is 5.91 Å². The maximum atomic E-state index is 11.9. The standard InChI is InChI=1S/C19H31N5OS/c1-12(18-20-10-13(2)26-18)9-21-19(22-11-17(25)24(3)4)23-16-8-14-5-6-15(16)7-14/h10,12,14-16H,5-9,11H2,1-4H3,(H2,21,22,23). The average molecular weight is 378 g/mol. The number of nitrogens with one attached hydrogen (secondary N) is 2. The zero-order valence-electron chi connectivity index (χ0n) is 16.3. The number of hydrogen-bond acceptors (Lipinski definition) is 4. The SMILES string of the molecule is Cc1cnc(C(C)CNC(=NCC(=O)N(C)C)NC2CC3CCC2C3)s1. The molecule has 2 N–H and O–H groups in total. The van der Waals surface area contributed by atoms with Crippen LogP contribution in [-0.4, -0.2) is 55.0 Å². The number of likely N-dealkylation sites (N-methyl/N-ethyl adjacent to an activating group) is 1. The van der Waals surface area contributed by atoms with Crippen LogP contribution in [-0.2, 0) is 4.79 Å². The van der Waals surface area contributed by atoms with Gasteiger partial charge in [-0.15, -0.1) is 11.3 Å². The van der Waals surface area contributed by atoms with Crippen LogP contribution in [0, 0.1) is 18.8 Å². The van der Waals surface area contributed by atoms with E-state index in [0.717, 1.165) is 29.3 Å². The second kappa shape index (κ2) is 8.37. The molecule has 3 rings (SSSR count). The number of aromatic nitrogens is 1. The molecule has 2 fully saturated rings. The van der Waals surface area contributed by atoms with Gasteiger partial charge in [0.15, 0.2) is 5.96 Å². The van der Waals surface area contributed by atoms with Crippen molar-refractivity contribution in [1.82, 2.24) is 20.5 Å². The lowest BCUT2D eigenvalue weighted by atomic mass is 9.95. The van der Waals surface area contributed by atoms with Crippen LogP contribution in [0.2, 0.25) is 0 Å². The van der Waals surface area contributed by atoms with E-state index in [4.69, 9.17) is 0 Å². The highest BCUT2D eigenvalue weighted by Crippen LogP contribution is 2.44. The van der Waals surface area contributed by atoms with E-state index < -0.39 is 0 Å². The minimum absolute atomic E-state index is 0.0163. The summed E-state index contributed by atoms with van der Waals surface area (Å²) < 4.78 is 0. The summed E-state index contributed by atoms with van der Waals surface area (Å²) in [6, 6.07) is 0.492. The lowest BCUT2D eigenvalue weighted by molar-refractivity contribution is -0.127. The van der Waals surface area contributed by atoms with Gasteiger partial charge in [0.05, 0.1) is 5.01 Å². The average Bonchev–Trinajstić information content (AvgIpc) is 3.33. The van der Waals surface area contributed by atoms with E-state index in [1.165, 1.54) is 30.6 Å². The van der Waals surface area contributed by atoms with Gasteiger partial charge in [-0.1, -0.05) is 13.3 Å². The van der Waals surface area contributed by atoms with Gasteiger partial charge in [0.25, 0.3) is 0 Å². The summed E-state index contributed by atoms with van der Waals surface area (Å²) in [5.41, 5.74) is 0. The molecule has 6 nitrogen and oxygen atoms in total. The second-order valence-corrected chi connectivity index (χ2v) is 9.24. The van der Waals surface area contributed by atoms with Crippen molar-refractivity contribution in [2.75, 3.05) is 27.2 Å². The van der Waals surface area contributed by atoms with Crippen LogP contribution in [0.25, 0.3) is 0 Å². The molecule has 7 heteroatoms. The highest BCUT2D eigenvalue weighted by Gasteiger charge is 2.39. The van der Waals surface area contributed by atoms with Crippen molar-refractivity contribution in [2.45, 2.75) is 51.5 Å². The van der Waals surface area contributed by atoms with Gasteiger partial charge < -0.3 is 15.5 Å². The molecule has 0 spiro atoms. The summed E-state index contributed by atoms with van der Waals surface area (Å²) in [4.78, 5) is 23.8. The predicted octanol–water partition coefficient (Wildman–Crippen LogP) is 2.37. The van der Waals surface area contributed by atoms with Gasteiger partial charge in [-0.3, -0.25) is 4.79 Å². The van der Waals surface area contributed by atoms with Crippen LogP contribution in [0.4, 0.5) is 0 Å². The number of guanidine groups is 1. The monoisotopic (exact) mass is 377 g/mol. The summed E-state index contributed by atoms with van der Waals surface area (Å²) in [6.45, 7) is 5.19. The number of thiazole rings is 1. The fraction of sp³-hybridized carbons (Fsp3) is 0.737. The van der Waals surface area contributed by atoms with Crippen LogP contribution in [0.1, 0.15) is 48.4 Å². The molecule has 0 aliphatic heterocycles. The molecular weight excluding hydrogens is 346 g/mol. The Morgan fingerprint density at radius 1 is 1.42 bits per heavy atom. The van der Waals surface area contributed by atoms with Crippen molar-refractivity contribution >= 4 is 23.2 Å². The summed E-state index contributed by atoms with van der Waals surface area (Å²) in [5.74, 6) is 2.72. The number of carbonyl (C=O) groups excluding carboxylic acids is 1. The van der Waals surface area contributed by atoms with Crippen molar-refractivity contribution in [1.29, 1.82) is 0 Å². The minimum atomic E-state index is 0.0163. The molecule has 2 aliphatic rings. The van der Waals surface area contributed by atoms with Crippen LogP contribution in [0.3, 0.4) is 0 Å². The zero-order chi connectivity index (χ0) is 18.7. The van der Waals surface area contributed by atoms with Crippen molar-refractivity contribution in [2.24, 2.45) is 16.8 Å². The lowest BCUT2D eigenvalue weighted by Gasteiger charge is -2.26. The largest absolute Gasteiger partial charge is 0.356 e. The number of nitrogens with zero attached hydrogens (tertiary/aromatic N) is 3. The molecule has 1 aromatic heterocycles. The minimum Gasteiger partial charge on any atom is -0.356 e. The van der Waals surface area contributed by atoms with E-state index in [1.807, 2.05) is 6.20 Å². The first-order valence-electron chi connectivity index (χ1n) is 9.59. The van der Waals surface area contributed by atoms with Crippen molar-refractivity contribution in [3.05, 3.63) is 16.1 Å². The van der Waals surface area contributed by atoms with E-state index >= 15 is 0 Å². The molecular formula is C19H31N5OS. The number of hydrogen-bond donors (Lipinski definition) is 2. The molecule has 0 radical (unpaired) electrons. The molecule has 2 bridgehead atoms. The van der Waals surface area contributed by atoms with Gasteiger partial charge in [0, 0.05) is 43.7 Å². The third kappa shape index (κ3) is 4.75. The normalized spacial score (nSPS) is 26.0. The number of amides is 1. The van der Waals surface area contributed by atoms with Gasteiger partial charge >= 0.3 is 0 Å². The maximum Gasteiger partial charge on any atom is 0.243 e. The van der Waals surface area contributed by atoms with Crippen LogP contribution < -0.4 is 10.6 Å². The molecule has 1 amide bonds. The molecule has 1 aromatic rings. The van der Waals surface area contributed by atoms with Crippen molar-refractivity contribution in [3.8, 4) is 0 Å². The van der Waals surface area contributed by atoms with Gasteiger partial charge in [0.1, 0.15) is 6.54 Å². The number of carbonyl (C=O) groups is 1. The van der Waals surface area contributed by atoms with E-state index in [1.54, 1.807) is 30.3 Å². The van der Waals surface area contributed by atoms with Crippen molar-refractivity contribution < 1.29 is 4.79 Å². The highest BCUT2D eigenvalue weighted by molar-refractivity contribution is 7.11. The lowest BCUT2D eigenvalue weighted by Crippen LogP contribution is -2.47. The number of aryl methyl sites for hydroxylation is 1. The van der Waals surface area contributed by atoms with E-state index in [0.29, 0.717) is 12.0 Å². The highest BCUT2D eigenvalue weighted by atomic mass is 32.1. The topological polar surface area (TPSA) is 69.6 Å². The molecule has 0 saturated heterocycles. The van der Waals surface area contributed by atoms with Crippen molar-refractivity contribution in [3.63, 3.8) is 0 Å². The summed E-state index contributed by atoms with van der Waals surface area (Å²) in [7, 11) is 3.53. The number of aliphatic imine (C=N–C) groups is 1.